The van der Waals surface area contributed by atoms with Crippen LogP contribution >= 0.6 is 0 Å². The van der Waals surface area contributed by atoms with E-state index in [0.29, 0.717) is 5.41 Å². The van der Waals surface area contributed by atoms with Gasteiger partial charge in [0.1, 0.15) is 0 Å². The zero-order chi connectivity index (χ0) is 14.7. The van der Waals surface area contributed by atoms with E-state index in [1.54, 1.807) is 7.11 Å². The normalized spacial score (nSPS) is 19.9. The van der Waals surface area contributed by atoms with E-state index in [4.69, 9.17) is 4.74 Å². The number of unbranched alkanes of at least 4 members (excludes halogenated alkanes) is 1. The van der Waals surface area contributed by atoms with Gasteiger partial charge in [-0.3, -0.25) is 0 Å². The zero-order valence-corrected chi connectivity index (χ0v) is 14.2. The van der Waals surface area contributed by atoms with Gasteiger partial charge in [-0.15, -0.1) is 0 Å². The average molecular weight is 284 g/mol. The lowest BCUT2D eigenvalue weighted by molar-refractivity contribution is 0.125. The lowest BCUT2D eigenvalue weighted by atomic mass is 9.68. The van der Waals surface area contributed by atoms with Crippen molar-refractivity contribution in [2.45, 2.75) is 78.1 Å². The van der Waals surface area contributed by atoms with Crippen LogP contribution in [0.25, 0.3) is 0 Å². The number of rotatable bonds is 11. The Bertz CT molecular complexity index is 223. The molecule has 0 aliphatic heterocycles. The van der Waals surface area contributed by atoms with E-state index in [9.17, 15) is 0 Å². The van der Waals surface area contributed by atoms with Crippen molar-refractivity contribution in [3.8, 4) is 0 Å². The summed E-state index contributed by atoms with van der Waals surface area (Å²) < 4.78 is 5.16. The smallest absolute Gasteiger partial charge is 0.0587 e. The molecule has 1 saturated carbocycles. The van der Waals surface area contributed by atoms with Crippen molar-refractivity contribution in [1.29, 1.82) is 0 Å². The van der Waals surface area contributed by atoms with E-state index in [1.165, 1.54) is 70.8 Å². The first kappa shape index (κ1) is 18.0. The molecule has 0 aromatic rings. The molecule has 0 saturated heterocycles. The molecule has 1 rings (SSSR count). The first-order chi connectivity index (χ1) is 9.76. The Kier molecular flexibility index (Phi) is 9.54. The fraction of sp³-hybridized carbons (Fsp3) is 1.00. The van der Waals surface area contributed by atoms with Crippen LogP contribution in [0.3, 0.4) is 0 Å². The van der Waals surface area contributed by atoms with E-state index in [-0.39, 0.29) is 0 Å². The van der Waals surface area contributed by atoms with Gasteiger partial charge in [0.2, 0.25) is 0 Å². The number of nitrogens with one attached hydrogen (secondary N) is 1. The lowest BCUT2D eigenvalue weighted by Gasteiger charge is -2.40. The molecule has 120 valence electrons. The van der Waals surface area contributed by atoms with Crippen molar-refractivity contribution in [1.82, 2.24) is 5.32 Å². The maximum atomic E-state index is 5.16. The summed E-state index contributed by atoms with van der Waals surface area (Å²) in [6, 6.07) is 0. The molecular weight excluding hydrogens is 246 g/mol. The third kappa shape index (κ3) is 6.58. The first-order valence-corrected chi connectivity index (χ1v) is 8.96. The molecule has 0 bridgehead atoms. The minimum absolute atomic E-state index is 0.584. The van der Waals surface area contributed by atoms with Gasteiger partial charge in [0.05, 0.1) is 6.61 Å². The Morgan fingerprint density at radius 1 is 1.15 bits per heavy atom. The molecule has 1 aliphatic carbocycles. The fourth-order valence-corrected chi connectivity index (χ4v) is 3.84. The SMILES string of the molecule is CCCCC(CC)CC1(CNCCOC)CCCCC1. The van der Waals surface area contributed by atoms with Crippen molar-refractivity contribution in [3.05, 3.63) is 0 Å². The average Bonchev–Trinajstić information content (AvgIpc) is 2.49. The molecule has 2 nitrogen and oxygen atoms in total. The monoisotopic (exact) mass is 283 g/mol. The Hall–Kier alpha value is -0.0800. The maximum Gasteiger partial charge on any atom is 0.0587 e. The Morgan fingerprint density at radius 3 is 2.50 bits per heavy atom. The highest BCUT2D eigenvalue weighted by Crippen LogP contribution is 2.42. The first-order valence-electron chi connectivity index (χ1n) is 8.96. The van der Waals surface area contributed by atoms with E-state index in [1.807, 2.05) is 0 Å². The molecular formula is C18H37NO. The maximum absolute atomic E-state index is 5.16. The molecule has 1 aliphatic rings. The third-order valence-electron chi connectivity index (χ3n) is 5.16. The van der Waals surface area contributed by atoms with Crippen LogP contribution in [0.1, 0.15) is 78.1 Å². The molecule has 20 heavy (non-hydrogen) atoms. The Morgan fingerprint density at radius 2 is 1.90 bits per heavy atom. The molecule has 1 atom stereocenters. The summed E-state index contributed by atoms with van der Waals surface area (Å²) in [6.45, 7) is 7.75. The summed E-state index contributed by atoms with van der Waals surface area (Å²) in [4.78, 5) is 0. The molecule has 0 aromatic heterocycles. The summed E-state index contributed by atoms with van der Waals surface area (Å²) in [5.74, 6) is 0.942. The number of ether oxygens (including phenoxy) is 1. The van der Waals surface area contributed by atoms with Crippen LogP contribution in [0, 0.1) is 11.3 Å². The van der Waals surface area contributed by atoms with Gasteiger partial charge in [-0.05, 0) is 30.6 Å². The van der Waals surface area contributed by atoms with Gasteiger partial charge in [0, 0.05) is 20.2 Å². The molecule has 1 unspecified atom stereocenters. The number of methoxy groups -OCH3 is 1. The Labute approximate surface area is 127 Å². The second-order valence-corrected chi connectivity index (χ2v) is 6.85. The van der Waals surface area contributed by atoms with Crippen molar-refractivity contribution in [2.24, 2.45) is 11.3 Å². The van der Waals surface area contributed by atoms with Crippen molar-refractivity contribution in [2.75, 3.05) is 26.8 Å². The number of hydrogen-bond acceptors (Lipinski definition) is 2. The van der Waals surface area contributed by atoms with E-state index >= 15 is 0 Å². The summed E-state index contributed by atoms with van der Waals surface area (Å²) >= 11 is 0. The van der Waals surface area contributed by atoms with Crippen LogP contribution in [0.2, 0.25) is 0 Å². The van der Waals surface area contributed by atoms with E-state index < -0.39 is 0 Å². The molecule has 0 heterocycles. The van der Waals surface area contributed by atoms with Gasteiger partial charge in [0.25, 0.3) is 0 Å². The van der Waals surface area contributed by atoms with Crippen LogP contribution in [-0.4, -0.2) is 26.8 Å². The van der Waals surface area contributed by atoms with Crippen LogP contribution < -0.4 is 5.32 Å². The molecule has 0 amide bonds. The predicted molar refractivity (Wildman–Crippen MR) is 88.2 cm³/mol. The van der Waals surface area contributed by atoms with Gasteiger partial charge >= 0.3 is 0 Å². The minimum atomic E-state index is 0.584. The summed E-state index contributed by atoms with van der Waals surface area (Å²) in [5, 5.41) is 3.66. The van der Waals surface area contributed by atoms with Crippen LogP contribution in [0.5, 0.6) is 0 Å². The van der Waals surface area contributed by atoms with Gasteiger partial charge in [-0.1, -0.05) is 58.8 Å². The summed E-state index contributed by atoms with van der Waals surface area (Å²) in [6.07, 6.45) is 14.2. The van der Waals surface area contributed by atoms with E-state index in [0.717, 1.165) is 19.1 Å². The number of hydrogen-bond donors (Lipinski definition) is 1. The van der Waals surface area contributed by atoms with Crippen LogP contribution in [0.4, 0.5) is 0 Å². The molecule has 0 aromatic carbocycles. The topological polar surface area (TPSA) is 21.3 Å². The van der Waals surface area contributed by atoms with Gasteiger partial charge < -0.3 is 10.1 Å². The second kappa shape index (κ2) is 10.6. The van der Waals surface area contributed by atoms with Crippen LogP contribution in [0.15, 0.2) is 0 Å². The lowest BCUT2D eigenvalue weighted by Crippen LogP contribution is -2.39. The highest BCUT2D eigenvalue weighted by molar-refractivity contribution is 4.87. The van der Waals surface area contributed by atoms with Crippen molar-refractivity contribution in [3.63, 3.8) is 0 Å². The Balaban J connectivity index is 2.47. The molecule has 0 radical (unpaired) electrons. The van der Waals surface area contributed by atoms with Crippen LogP contribution in [-0.2, 0) is 4.74 Å². The van der Waals surface area contributed by atoms with Crippen molar-refractivity contribution >= 4 is 0 Å². The summed E-state index contributed by atoms with van der Waals surface area (Å²) in [7, 11) is 1.79. The van der Waals surface area contributed by atoms with E-state index in [2.05, 4.69) is 19.2 Å². The largest absolute Gasteiger partial charge is 0.383 e. The minimum Gasteiger partial charge on any atom is -0.383 e. The third-order valence-corrected chi connectivity index (χ3v) is 5.16. The molecule has 1 fully saturated rings. The highest BCUT2D eigenvalue weighted by atomic mass is 16.5. The predicted octanol–water partition coefficient (Wildman–Crippen LogP) is 4.78. The summed E-state index contributed by atoms with van der Waals surface area (Å²) in [5.41, 5.74) is 0.584. The van der Waals surface area contributed by atoms with Gasteiger partial charge in [0.15, 0.2) is 0 Å². The highest BCUT2D eigenvalue weighted by Gasteiger charge is 2.33. The van der Waals surface area contributed by atoms with Gasteiger partial charge in [-0.2, -0.15) is 0 Å². The van der Waals surface area contributed by atoms with Gasteiger partial charge in [-0.25, -0.2) is 0 Å². The second-order valence-electron chi connectivity index (χ2n) is 6.85. The molecule has 0 spiro atoms. The molecule has 2 heteroatoms. The zero-order valence-electron chi connectivity index (χ0n) is 14.2. The fourth-order valence-electron chi connectivity index (χ4n) is 3.84. The molecule has 1 N–H and O–H groups in total. The quantitative estimate of drug-likeness (QED) is 0.551. The van der Waals surface area contributed by atoms with Crippen molar-refractivity contribution < 1.29 is 4.74 Å². The standard InChI is InChI=1S/C18H37NO/c1-4-6-10-17(5-2)15-18(11-8-7-9-12-18)16-19-13-14-20-3/h17,19H,4-16H2,1-3H3.